The molecule has 0 spiro atoms. The number of aromatic nitrogens is 2. The molecule has 3 N–H and O–H groups in total. The van der Waals surface area contributed by atoms with Gasteiger partial charge in [0.2, 0.25) is 5.91 Å². The van der Waals surface area contributed by atoms with Gasteiger partial charge in [-0.2, -0.15) is 0 Å². The van der Waals surface area contributed by atoms with Gasteiger partial charge < -0.3 is 15.2 Å². The van der Waals surface area contributed by atoms with Crippen LogP contribution in [0.2, 0.25) is 0 Å². The smallest absolute Gasteiger partial charge is 0.325 e. The van der Waals surface area contributed by atoms with Gasteiger partial charge in [-0.25, -0.2) is 4.79 Å². The second-order valence-corrected chi connectivity index (χ2v) is 6.55. The highest BCUT2D eigenvalue weighted by atomic mass is 16.2. The minimum atomic E-state index is -0.615. The Kier molecular flexibility index (Phi) is 5.02. The predicted molar refractivity (Wildman–Crippen MR) is 97.1 cm³/mol. The van der Waals surface area contributed by atoms with E-state index in [4.69, 9.17) is 0 Å². The third-order valence-corrected chi connectivity index (χ3v) is 4.47. The van der Waals surface area contributed by atoms with E-state index in [2.05, 4.69) is 27.1 Å². The van der Waals surface area contributed by atoms with Crippen LogP contribution in [0.25, 0.3) is 0 Å². The number of hydrogen-bond donors (Lipinski definition) is 3. The molecule has 1 fully saturated rings. The van der Waals surface area contributed by atoms with Gasteiger partial charge in [-0.1, -0.05) is 6.92 Å². The Labute approximate surface area is 145 Å². The molecule has 7 heteroatoms. The van der Waals surface area contributed by atoms with E-state index in [1.165, 1.54) is 18.9 Å². The van der Waals surface area contributed by atoms with Gasteiger partial charge in [-0.15, -0.1) is 0 Å². The molecule has 0 unspecified atom stereocenters. The van der Waals surface area contributed by atoms with Crippen molar-refractivity contribution in [1.82, 2.24) is 9.97 Å². The molecule has 2 aromatic rings. The van der Waals surface area contributed by atoms with Crippen LogP contribution in [0.5, 0.6) is 0 Å². The summed E-state index contributed by atoms with van der Waals surface area (Å²) in [5.74, 6) is 0.493. The lowest BCUT2D eigenvalue weighted by Gasteiger charge is -2.32. The molecule has 1 aliphatic heterocycles. The highest BCUT2D eigenvalue weighted by molar-refractivity contribution is 5.92. The molecule has 0 bridgehead atoms. The highest BCUT2D eigenvalue weighted by Crippen LogP contribution is 2.24. The van der Waals surface area contributed by atoms with Crippen LogP contribution in [-0.4, -0.2) is 29.0 Å². The van der Waals surface area contributed by atoms with E-state index >= 15 is 0 Å². The van der Waals surface area contributed by atoms with Gasteiger partial charge in [-0.3, -0.25) is 14.6 Å². The molecule has 0 atom stereocenters. The fraction of sp³-hybridized carbons (Fsp3) is 0.389. The molecule has 3 rings (SSSR count). The first-order chi connectivity index (χ1) is 12.0. The van der Waals surface area contributed by atoms with Gasteiger partial charge in [0.1, 0.15) is 0 Å². The Morgan fingerprint density at radius 1 is 1.16 bits per heavy atom. The molecule has 0 saturated carbocycles. The third-order valence-electron chi connectivity index (χ3n) is 4.47. The monoisotopic (exact) mass is 342 g/mol. The molecule has 0 radical (unpaired) electrons. The Morgan fingerprint density at radius 3 is 2.48 bits per heavy atom. The quantitative estimate of drug-likeness (QED) is 0.784. The first kappa shape index (κ1) is 17.0. The summed E-state index contributed by atoms with van der Waals surface area (Å²) in [6.45, 7) is 4.40. The predicted octanol–water partition coefficient (Wildman–Crippen LogP) is 1.48. The SMILES string of the molecule is CC1CCN(c2ccc(NC(=O)Cc3cc(=O)[nH]c(=O)[nH]3)cc2)CC1. The molecular formula is C18H22N4O3. The lowest BCUT2D eigenvalue weighted by molar-refractivity contribution is -0.115. The summed E-state index contributed by atoms with van der Waals surface area (Å²) in [7, 11) is 0. The zero-order valence-electron chi connectivity index (χ0n) is 14.2. The van der Waals surface area contributed by atoms with Crippen molar-refractivity contribution in [1.29, 1.82) is 0 Å². The fourth-order valence-electron chi connectivity index (χ4n) is 3.02. The lowest BCUT2D eigenvalue weighted by atomic mass is 9.99. The van der Waals surface area contributed by atoms with E-state index in [1.807, 2.05) is 24.3 Å². The van der Waals surface area contributed by atoms with E-state index in [9.17, 15) is 14.4 Å². The van der Waals surface area contributed by atoms with Crippen molar-refractivity contribution in [3.05, 3.63) is 56.9 Å². The molecular weight excluding hydrogens is 320 g/mol. The number of nitrogens with one attached hydrogen (secondary N) is 3. The lowest BCUT2D eigenvalue weighted by Crippen LogP contribution is -2.32. The number of carbonyl (C=O) groups excluding carboxylic acids is 1. The van der Waals surface area contributed by atoms with E-state index in [1.54, 1.807) is 0 Å². The summed E-state index contributed by atoms with van der Waals surface area (Å²) < 4.78 is 0. The number of hydrogen-bond acceptors (Lipinski definition) is 4. The van der Waals surface area contributed by atoms with E-state index in [0.717, 1.165) is 24.7 Å². The first-order valence-electron chi connectivity index (χ1n) is 8.47. The number of nitrogens with zero attached hydrogens (tertiary/aromatic N) is 1. The number of amides is 1. The molecule has 1 aromatic heterocycles. The Bertz CT molecular complexity index is 817. The van der Waals surface area contributed by atoms with E-state index in [0.29, 0.717) is 5.69 Å². The normalized spacial score (nSPS) is 15.2. The van der Waals surface area contributed by atoms with Crippen molar-refractivity contribution >= 4 is 17.3 Å². The Morgan fingerprint density at radius 2 is 1.84 bits per heavy atom. The molecule has 1 amide bonds. The Balaban J connectivity index is 1.60. The zero-order valence-corrected chi connectivity index (χ0v) is 14.2. The second-order valence-electron chi connectivity index (χ2n) is 6.55. The van der Waals surface area contributed by atoms with Crippen LogP contribution in [0.15, 0.2) is 39.9 Å². The van der Waals surface area contributed by atoms with Crippen LogP contribution >= 0.6 is 0 Å². The van der Waals surface area contributed by atoms with Gasteiger partial charge in [0.25, 0.3) is 5.56 Å². The van der Waals surface area contributed by atoms with Crippen LogP contribution in [0.4, 0.5) is 11.4 Å². The summed E-state index contributed by atoms with van der Waals surface area (Å²) in [6.07, 6.45) is 2.34. The van der Waals surface area contributed by atoms with Gasteiger partial charge >= 0.3 is 5.69 Å². The van der Waals surface area contributed by atoms with E-state index < -0.39 is 11.2 Å². The van der Waals surface area contributed by atoms with Crippen molar-refractivity contribution in [2.24, 2.45) is 5.92 Å². The van der Waals surface area contributed by atoms with Crippen LogP contribution in [-0.2, 0) is 11.2 Å². The van der Waals surface area contributed by atoms with Crippen LogP contribution < -0.4 is 21.5 Å². The minimum absolute atomic E-state index is 0.0646. The molecule has 25 heavy (non-hydrogen) atoms. The fourth-order valence-corrected chi connectivity index (χ4v) is 3.02. The molecule has 7 nitrogen and oxygen atoms in total. The summed E-state index contributed by atoms with van der Waals surface area (Å²) >= 11 is 0. The molecule has 1 saturated heterocycles. The number of rotatable bonds is 4. The van der Waals surface area contributed by atoms with Gasteiger partial charge in [0.15, 0.2) is 0 Å². The van der Waals surface area contributed by atoms with Crippen molar-refractivity contribution in [3.8, 4) is 0 Å². The summed E-state index contributed by atoms with van der Waals surface area (Å²) in [5, 5.41) is 2.77. The standard InChI is InChI=1S/C18H22N4O3/c1-12-6-8-22(9-7-12)15-4-2-13(3-5-15)19-16(23)10-14-11-17(24)21-18(25)20-14/h2-5,11-12H,6-10H2,1H3,(H,19,23)(H2,20,21,24,25). The molecule has 1 aromatic carbocycles. The van der Waals surface area contributed by atoms with E-state index in [-0.39, 0.29) is 18.0 Å². The maximum absolute atomic E-state index is 12.1. The van der Waals surface area contributed by atoms with Crippen LogP contribution in [0, 0.1) is 5.92 Å². The topological polar surface area (TPSA) is 98.1 Å². The Hall–Kier alpha value is -2.83. The molecule has 2 heterocycles. The first-order valence-corrected chi connectivity index (χ1v) is 8.47. The zero-order chi connectivity index (χ0) is 17.8. The maximum Gasteiger partial charge on any atom is 0.325 e. The average Bonchev–Trinajstić information content (AvgIpc) is 2.55. The highest BCUT2D eigenvalue weighted by Gasteiger charge is 2.16. The van der Waals surface area contributed by atoms with Crippen LogP contribution in [0.1, 0.15) is 25.5 Å². The molecule has 1 aliphatic rings. The number of carbonyl (C=O) groups is 1. The molecule has 0 aliphatic carbocycles. The average molecular weight is 342 g/mol. The van der Waals surface area contributed by atoms with Crippen molar-refractivity contribution in [3.63, 3.8) is 0 Å². The maximum atomic E-state index is 12.1. The van der Waals surface area contributed by atoms with Gasteiger partial charge in [0, 0.05) is 36.2 Å². The second kappa shape index (κ2) is 7.38. The van der Waals surface area contributed by atoms with Crippen LogP contribution in [0.3, 0.4) is 0 Å². The summed E-state index contributed by atoms with van der Waals surface area (Å²) in [5.41, 5.74) is 0.989. The molecule has 132 valence electrons. The number of H-pyrrole nitrogens is 2. The largest absolute Gasteiger partial charge is 0.372 e. The number of aromatic amines is 2. The third kappa shape index (κ3) is 4.59. The summed E-state index contributed by atoms with van der Waals surface area (Å²) in [6, 6.07) is 8.94. The van der Waals surface area contributed by atoms with Crippen molar-refractivity contribution < 1.29 is 4.79 Å². The van der Waals surface area contributed by atoms with Gasteiger partial charge in [-0.05, 0) is 43.0 Å². The van der Waals surface area contributed by atoms with Crippen molar-refractivity contribution in [2.45, 2.75) is 26.2 Å². The number of anilines is 2. The number of benzene rings is 1. The van der Waals surface area contributed by atoms with Gasteiger partial charge in [0.05, 0.1) is 6.42 Å². The number of piperidine rings is 1. The summed E-state index contributed by atoms with van der Waals surface area (Å²) in [4.78, 5) is 41.4. The minimum Gasteiger partial charge on any atom is -0.372 e. The van der Waals surface area contributed by atoms with Crippen molar-refractivity contribution in [2.75, 3.05) is 23.3 Å².